The van der Waals surface area contributed by atoms with Gasteiger partial charge in [-0.25, -0.2) is 9.97 Å². The Morgan fingerprint density at radius 2 is 1.94 bits per heavy atom. The Kier molecular flexibility index (Phi) is 6.44. The predicted octanol–water partition coefficient (Wildman–Crippen LogP) is 5.60. The van der Waals surface area contributed by atoms with Gasteiger partial charge in [-0.1, -0.05) is 52.9 Å². The molecule has 0 saturated heterocycles. The van der Waals surface area contributed by atoms with E-state index in [4.69, 9.17) is 11.6 Å². The minimum atomic E-state index is -0.481. The van der Waals surface area contributed by atoms with E-state index in [0.29, 0.717) is 42.1 Å². The van der Waals surface area contributed by atoms with Gasteiger partial charge in [-0.2, -0.15) is 0 Å². The number of aromatic nitrogens is 3. The van der Waals surface area contributed by atoms with E-state index in [1.807, 2.05) is 13.0 Å². The summed E-state index contributed by atoms with van der Waals surface area (Å²) in [5.41, 5.74) is 2.18. The summed E-state index contributed by atoms with van der Waals surface area (Å²) in [5, 5.41) is 15.3. The number of thioether (sulfide) groups is 1. The van der Waals surface area contributed by atoms with Crippen LogP contribution in [0.2, 0.25) is 5.02 Å². The SMILES string of the molecule is Cc1ccc(-n2c(SCC(=O)Nc3nc4ccc([N+](=O)[O-])cc4s3)nc3ccccc3c2=O)cc1Cl. The van der Waals surface area contributed by atoms with Gasteiger partial charge in [0.1, 0.15) is 0 Å². The summed E-state index contributed by atoms with van der Waals surface area (Å²) in [6, 6.07) is 16.6. The van der Waals surface area contributed by atoms with Crippen LogP contribution in [0.4, 0.5) is 10.8 Å². The number of halogens is 1. The van der Waals surface area contributed by atoms with E-state index in [0.717, 1.165) is 28.7 Å². The highest BCUT2D eigenvalue weighted by Gasteiger charge is 2.17. The first-order valence-electron chi connectivity index (χ1n) is 10.6. The Hall–Kier alpha value is -3.80. The number of carbonyl (C=O) groups is 1. The molecule has 0 spiro atoms. The number of fused-ring (bicyclic) bond motifs is 2. The Bertz CT molecular complexity index is 1730. The molecule has 0 radical (unpaired) electrons. The van der Waals surface area contributed by atoms with Crippen molar-refractivity contribution in [2.45, 2.75) is 12.1 Å². The Morgan fingerprint density at radius 1 is 1.14 bits per heavy atom. The Morgan fingerprint density at radius 3 is 2.72 bits per heavy atom. The second-order valence-corrected chi connectivity index (χ2v) is 10.1. The molecule has 0 aliphatic carbocycles. The van der Waals surface area contributed by atoms with E-state index in [-0.39, 0.29) is 22.9 Å². The lowest BCUT2D eigenvalue weighted by Crippen LogP contribution is -2.23. The minimum Gasteiger partial charge on any atom is -0.301 e. The van der Waals surface area contributed by atoms with Crippen LogP contribution >= 0.6 is 34.7 Å². The number of nitro groups is 1. The number of amides is 1. The maximum Gasteiger partial charge on any atom is 0.270 e. The molecule has 0 atom stereocenters. The molecule has 0 aliphatic heterocycles. The minimum absolute atomic E-state index is 0.0412. The molecule has 2 heterocycles. The van der Waals surface area contributed by atoms with Crippen molar-refractivity contribution in [2.24, 2.45) is 0 Å². The molecule has 0 unspecified atom stereocenters. The summed E-state index contributed by atoms with van der Waals surface area (Å²) < 4.78 is 2.04. The van der Waals surface area contributed by atoms with E-state index in [1.54, 1.807) is 42.5 Å². The molecule has 2 aromatic heterocycles. The molecule has 12 heteroatoms. The topological polar surface area (TPSA) is 120 Å². The van der Waals surface area contributed by atoms with Crippen molar-refractivity contribution >= 4 is 72.5 Å². The van der Waals surface area contributed by atoms with Crippen molar-refractivity contribution in [1.82, 2.24) is 14.5 Å². The van der Waals surface area contributed by atoms with Gasteiger partial charge < -0.3 is 5.32 Å². The number of non-ortho nitro benzene ring substituents is 1. The van der Waals surface area contributed by atoms with Gasteiger partial charge in [0.25, 0.3) is 11.2 Å². The van der Waals surface area contributed by atoms with Crippen LogP contribution in [0.15, 0.2) is 70.6 Å². The molecule has 0 saturated carbocycles. The summed E-state index contributed by atoms with van der Waals surface area (Å²) in [4.78, 5) is 45.6. The van der Waals surface area contributed by atoms with Crippen molar-refractivity contribution in [3.63, 3.8) is 0 Å². The molecule has 5 rings (SSSR count). The van der Waals surface area contributed by atoms with Crippen LogP contribution in [-0.4, -0.2) is 31.1 Å². The van der Waals surface area contributed by atoms with Crippen LogP contribution in [0.25, 0.3) is 26.8 Å². The summed E-state index contributed by atoms with van der Waals surface area (Å²) in [7, 11) is 0. The molecule has 180 valence electrons. The third kappa shape index (κ3) is 4.68. The molecule has 3 aromatic carbocycles. The highest BCUT2D eigenvalue weighted by atomic mass is 35.5. The van der Waals surface area contributed by atoms with Crippen LogP contribution in [0.3, 0.4) is 0 Å². The third-order valence-corrected chi connectivity index (χ3v) is 7.60. The number of carbonyl (C=O) groups excluding carboxylic acids is 1. The lowest BCUT2D eigenvalue weighted by molar-refractivity contribution is -0.384. The van der Waals surface area contributed by atoms with Crippen LogP contribution in [-0.2, 0) is 4.79 Å². The highest BCUT2D eigenvalue weighted by Crippen LogP contribution is 2.30. The summed E-state index contributed by atoms with van der Waals surface area (Å²) in [6.07, 6.45) is 0. The van der Waals surface area contributed by atoms with Crippen LogP contribution in [0.5, 0.6) is 0 Å². The first-order valence-corrected chi connectivity index (χ1v) is 12.7. The number of benzene rings is 3. The second kappa shape index (κ2) is 9.69. The number of nitrogens with one attached hydrogen (secondary N) is 1. The number of thiazole rings is 1. The molecule has 1 N–H and O–H groups in total. The van der Waals surface area contributed by atoms with E-state index in [1.165, 1.54) is 16.7 Å². The molecule has 1 amide bonds. The van der Waals surface area contributed by atoms with E-state index in [2.05, 4.69) is 15.3 Å². The molecule has 0 bridgehead atoms. The maximum atomic E-state index is 13.4. The predicted molar refractivity (Wildman–Crippen MR) is 143 cm³/mol. The fourth-order valence-electron chi connectivity index (χ4n) is 3.52. The molecule has 5 aromatic rings. The zero-order chi connectivity index (χ0) is 25.4. The average molecular weight is 538 g/mol. The van der Waals surface area contributed by atoms with E-state index < -0.39 is 4.92 Å². The van der Waals surface area contributed by atoms with Gasteiger partial charge in [-0.15, -0.1) is 0 Å². The number of rotatable bonds is 6. The van der Waals surface area contributed by atoms with Crippen molar-refractivity contribution in [3.8, 4) is 5.69 Å². The third-order valence-electron chi connectivity index (χ3n) is 5.32. The average Bonchev–Trinajstić information content (AvgIpc) is 3.26. The van der Waals surface area contributed by atoms with E-state index in [9.17, 15) is 19.7 Å². The van der Waals surface area contributed by atoms with Gasteiger partial charge in [0.2, 0.25) is 5.91 Å². The Labute approximate surface area is 216 Å². The molecule has 0 fully saturated rings. The first-order chi connectivity index (χ1) is 17.3. The number of nitrogens with zero attached hydrogens (tertiary/aromatic N) is 4. The lowest BCUT2D eigenvalue weighted by Gasteiger charge is -2.14. The number of para-hydroxylation sites is 1. The monoisotopic (exact) mass is 537 g/mol. The van der Waals surface area contributed by atoms with Crippen molar-refractivity contribution in [3.05, 3.63) is 91.7 Å². The zero-order valence-corrected chi connectivity index (χ0v) is 21.0. The van der Waals surface area contributed by atoms with Crippen LogP contribution < -0.4 is 10.9 Å². The van der Waals surface area contributed by atoms with Gasteiger partial charge in [-0.05, 0) is 42.8 Å². The van der Waals surface area contributed by atoms with Crippen molar-refractivity contribution in [1.29, 1.82) is 0 Å². The lowest BCUT2D eigenvalue weighted by atomic mass is 10.2. The number of nitro benzene ring substituents is 1. The van der Waals surface area contributed by atoms with Gasteiger partial charge in [0.05, 0.1) is 37.5 Å². The maximum absolute atomic E-state index is 13.4. The Balaban J connectivity index is 1.43. The summed E-state index contributed by atoms with van der Waals surface area (Å²) in [6.45, 7) is 1.87. The molecular formula is C24H16ClN5O4S2. The van der Waals surface area contributed by atoms with Crippen molar-refractivity contribution in [2.75, 3.05) is 11.1 Å². The molecule has 36 heavy (non-hydrogen) atoms. The van der Waals surface area contributed by atoms with Crippen LogP contribution in [0.1, 0.15) is 5.56 Å². The smallest absolute Gasteiger partial charge is 0.270 e. The fourth-order valence-corrected chi connectivity index (χ4v) is 5.43. The molecule has 9 nitrogen and oxygen atoms in total. The quantitative estimate of drug-likeness (QED) is 0.130. The van der Waals surface area contributed by atoms with Gasteiger partial charge >= 0.3 is 0 Å². The van der Waals surface area contributed by atoms with Gasteiger partial charge in [0, 0.05) is 17.2 Å². The number of anilines is 1. The normalized spacial score (nSPS) is 11.2. The first kappa shape index (κ1) is 23.9. The number of hydrogen-bond acceptors (Lipinski definition) is 8. The summed E-state index contributed by atoms with van der Waals surface area (Å²) >= 11 is 8.56. The largest absolute Gasteiger partial charge is 0.301 e. The second-order valence-electron chi connectivity index (χ2n) is 7.75. The van der Waals surface area contributed by atoms with Gasteiger partial charge in [-0.3, -0.25) is 24.3 Å². The zero-order valence-electron chi connectivity index (χ0n) is 18.6. The fraction of sp³-hybridized carbons (Fsp3) is 0.0833. The van der Waals surface area contributed by atoms with Gasteiger partial charge in [0.15, 0.2) is 10.3 Å². The van der Waals surface area contributed by atoms with Crippen molar-refractivity contribution < 1.29 is 9.72 Å². The standard InChI is InChI=1S/C24H16ClN5O4S2/c1-13-6-7-14(10-17(13)25)29-22(32)16-4-2-3-5-18(16)27-24(29)35-12-21(31)28-23-26-19-9-8-15(30(33)34)11-20(19)36-23/h2-11H,12H2,1H3,(H,26,28,31). The number of aryl methyl sites for hydroxylation is 1. The molecule has 0 aliphatic rings. The number of hydrogen-bond donors (Lipinski definition) is 1. The highest BCUT2D eigenvalue weighted by molar-refractivity contribution is 7.99. The van der Waals surface area contributed by atoms with Crippen LogP contribution in [0, 0.1) is 17.0 Å². The molecular weight excluding hydrogens is 522 g/mol. The van der Waals surface area contributed by atoms with E-state index >= 15 is 0 Å². The summed E-state index contributed by atoms with van der Waals surface area (Å²) in [5.74, 6) is -0.398.